The topological polar surface area (TPSA) is 0 Å². The number of nitrogens with zero attached hydrogens (tertiary/aromatic N) is 2. The molecule has 0 aromatic rings. The third-order valence-electron chi connectivity index (χ3n) is 13.9. The highest BCUT2D eigenvalue weighted by Gasteiger charge is 2.38. The molecule has 0 aliphatic carbocycles. The zero-order chi connectivity index (χ0) is 38.4. The average molecular weight is 780 g/mol. The quantitative estimate of drug-likeness (QED) is 0.0451. The molecule has 2 nitrogen and oxygen atoms in total. The molecule has 0 saturated carbocycles. The number of quaternary nitrogens is 2. The molecule has 0 aromatic carbocycles. The first kappa shape index (κ1) is 59.2. The second kappa shape index (κ2) is 35.9. The van der Waals surface area contributed by atoms with Crippen LogP contribution in [0.25, 0.3) is 0 Å². The maximum Gasteiger partial charge on any atom is 0.0955 e. The average Bonchev–Trinajstić information content (AvgIpc) is 3.04. The number of hydrogen-bond acceptors (Lipinski definition) is 0. The van der Waals surface area contributed by atoms with Gasteiger partial charge in [0, 0.05) is 11.8 Å². The predicted molar refractivity (Wildman–Crippen MR) is 232 cm³/mol. The highest BCUT2D eigenvalue weighted by atomic mass is 35.5. The van der Waals surface area contributed by atoms with E-state index in [1.807, 2.05) is 0 Å². The maximum absolute atomic E-state index is 2.45. The van der Waals surface area contributed by atoms with Crippen molar-refractivity contribution in [2.45, 2.75) is 259 Å². The fourth-order valence-corrected chi connectivity index (χ4v) is 7.32. The largest absolute Gasteiger partial charge is 1.00 e. The minimum atomic E-state index is 0. The second-order valence-corrected chi connectivity index (χ2v) is 19.9. The Morgan fingerprint density at radius 1 is 0.308 bits per heavy atom. The van der Waals surface area contributed by atoms with Crippen molar-refractivity contribution in [2.24, 2.45) is 11.8 Å². The fourth-order valence-electron chi connectivity index (χ4n) is 7.32. The van der Waals surface area contributed by atoms with Crippen LogP contribution >= 0.6 is 0 Å². The third kappa shape index (κ3) is 31.7. The fraction of sp³-hybridized carbons (Fsp3) is 1.00. The van der Waals surface area contributed by atoms with Crippen LogP contribution in [0.15, 0.2) is 0 Å². The van der Waals surface area contributed by atoms with Gasteiger partial charge in [0.2, 0.25) is 0 Å². The summed E-state index contributed by atoms with van der Waals surface area (Å²) in [5, 5.41) is 0. The van der Waals surface area contributed by atoms with E-state index in [-0.39, 0.29) is 24.8 Å². The number of halogens is 2. The van der Waals surface area contributed by atoms with Crippen molar-refractivity contribution in [3.8, 4) is 0 Å². The van der Waals surface area contributed by atoms with Gasteiger partial charge >= 0.3 is 0 Å². The van der Waals surface area contributed by atoms with Gasteiger partial charge in [0.1, 0.15) is 0 Å². The lowest BCUT2D eigenvalue weighted by Gasteiger charge is -2.45. The predicted octanol–water partition coefficient (Wildman–Crippen LogP) is 9.97. The zero-order valence-electron chi connectivity index (χ0n) is 39.0. The SMILES string of the molecule is CCCCCCCCCCCCCCCCC(C)C(C)(C)[N+](C)(C)C.CCCCCCCCCCCCCCCCC(C)C(C)(C)[N+](C)(C)C.[Cl-].[Cl-]. The molecule has 0 aromatic heterocycles. The van der Waals surface area contributed by atoms with Crippen LogP contribution < -0.4 is 24.8 Å². The van der Waals surface area contributed by atoms with E-state index in [9.17, 15) is 0 Å². The van der Waals surface area contributed by atoms with E-state index in [0.29, 0.717) is 11.1 Å². The Morgan fingerprint density at radius 3 is 0.615 bits per heavy atom. The van der Waals surface area contributed by atoms with Gasteiger partial charge in [-0.3, -0.25) is 0 Å². The number of rotatable bonds is 34. The molecular weight excluding hydrogens is 675 g/mol. The van der Waals surface area contributed by atoms with Gasteiger partial charge in [0.15, 0.2) is 0 Å². The van der Waals surface area contributed by atoms with Crippen LogP contribution in [0.3, 0.4) is 0 Å². The monoisotopic (exact) mass is 779 g/mol. The molecule has 0 fully saturated rings. The van der Waals surface area contributed by atoms with E-state index in [1.54, 1.807) is 0 Å². The molecule has 320 valence electrons. The van der Waals surface area contributed by atoms with E-state index < -0.39 is 0 Å². The van der Waals surface area contributed by atoms with Gasteiger partial charge in [-0.15, -0.1) is 0 Å². The minimum Gasteiger partial charge on any atom is -1.00 e. The standard InChI is InChI=1S/2C24H52N.2ClH/c2*1-8-9-10-11-12-13-14-15-16-17-18-19-20-21-22-23(2)24(3,4)25(5,6)7;;/h2*23H,8-22H2,1-7H3;2*1H/q2*+1;;/p-2. The summed E-state index contributed by atoms with van der Waals surface area (Å²) in [5.74, 6) is 1.59. The maximum atomic E-state index is 2.45. The van der Waals surface area contributed by atoms with Gasteiger partial charge in [0.25, 0.3) is 0 Å². The third-order valence-corrected chi connectivity index (χ3v) is 13.9. The Bertz CT molecular complexity index is 646. The summed E-state index contributed by atoms with van der Waals surface area (Å²) in [5.41, 5.74) is 0.743. The van der Waals surface area contributed by atoms with Gasteiger partial charge in [-0.05, 0) is 40.5 Å². The summed E-state index contributed by atoms with van der Waals surface area (Å²) in [7, 11) is 14.0. The highest BCUT2D eigenvalue weighted by molar-refractivity contribution is 4.77. The van der Waals surface area contributed by atoms with Gasteiger partial charge in [-0.1, -0.05) is 207 Å². The Labute approximate surface area is 345 Å². The van der Waals surface area contributed by atoms with Gasteiger partial charge in [0.05, 0.1) is 53.4 Å². The van der Waals surface area contributed by atoms with Gasteiger partial charge in [-0.25, -0.2) is 0 Å². The van der Waals surface area contributed by atoms with Crippen LogP contribution in [0.1, 0.15) is 248 Å². The van der Waals surface area contributed by atoms with E-state index in [4.69, 9.17) is 0 Å². The summed E-state index contributed by atoms with van der Waals surface area (Å²) in [6.07, 6.45) is 43.5. The minimum absolute atomic E-state index is 0. The molecule has 0 saturated heterocycles. The first-order valence-corrected chi connectivity index (χ1v) is 23.1. The van der Waals surface area contributed by atoms with Crippen molar-refractivity contribution in [3.63, 3.8) is 0 Å². The number of hydrogen-bond donors (Lipinski definition) is 0. The molecule has 0 radical (unpaired) electrons. The first-order chi connectivity index (χ1) is 23.5. The van der Waals surface area contributed by atoms with Crippen molar-refractivity contribution in [1.29, 1.82) is 0 Å². The zero-order valence-corrected chi connectivity index (χ0v) is 40.5. The Kier molecular flexibility index (Phi) is 40.8. The molecule has 0 heterocycles. The van der Waals surface area contributed by atoms with Crippen molar-refractivity contribution < 1.29 is 33.8 Å². The summed E-state index contributed by atoms with van der Waals surface area (Å²) < 4.78 is 2.12. The molecule has 4 heteroatoms. The van der Waals surface area contributed by atoms with Crippen molar-refractivity contribution >= 4 is 0 Å². The summed E-state index contributed by atoms with van der Waals surface area (Å²) in [6, 6.07) is 0. The lowest BCUT2D eigenvalue weighted by atomic mass is 9.82. The van der Waals surface area contributed by atoms with E-state index in [2.05, 4.69) is 97.7 Å². The molecule has 0 spiro atoms. The Balaban J connectivity index is -0.000000427. The van der Waals surface area contributed by atoms with Crippen molar-refractivity contribution in [3.05, 3.63) is 0 Å². The van der Waals surface area contributed by atoms with E-state index in [0.717, 1.165) is 20.8 Å². The molecule has 52 heavy (non-hydrogen) atoms. The smallest absolute Gasteiger partial charge is 0.0955 e. The Morgan fingerprint density at radius 2 is 0.462 bits per heavy atom. The molecular formula is C48H104Cl2N2. The molecule has 0 amide bonds. The highest BCUT2D eigenvalue weighted by Crippen LogP contribution is 2.32. The van der Waals surface area contributed by atoms with Crippen LogP contribution in [-0.2, 0) is 0 Å². The number of unbranched alkanes of at least 4 members (excludes halogenated alkanes) is 26. The molecule has 2 atom stereocenters. The van der Waals surface area contributed by atoms with Gasteiger partial charge < -0.3 is 33.8 Å². The summed E-state index contributed by atoms with van der Waals surface area (Å²) in [6.45, 7) is 19.2. The van der Waals surface area contributed by atoms with Crippen LogP contribution in [0.4, 0.5) is 0 Å². The molecule has 0 N–H and O–H groups in total. The lowest BCUT2D eigenvalue weighted by Crippen LogP contribution is -3.00. The van der Waals surface area contributed by atoms with Crippen LogP contribution in [0.2, 0.25) is 0 Å². The van der Waals surface area contributed by atoms with E-state index >= 15 is 0 Å². The van der Waals surface area contributed by atoms with Crippen molar-refractivity contribution in [2.75, 3.05) is 42.3 Å². The molecule has 2 unspecified atom stereocenters. The lowest BCUT2D eigenvalue weighted by molar-refractivity contribution is -0.924. The molecule has 0 bridgehead atoms. The first-order valence-electron chi connectivity index (χ1n) is 23.1. The van der Waals surface area contributed by atoms with Crippen LogP contribution in [-0.4, -0.2) is 62.3 Å². The molecule has 0 aliphatic rings. The summed E-state index contributed by atoms with van der Waals surface area (Å²) >= 11 is 0. The van der Waals surface area contributed by atoms with E-state index in [1.165, 1.54) is 193 Å². The normalized spacial score (nSPS) is 13.5. The van der Waals surface area contributed by atoms with Gasteiger partial charge in [-0.2, -0.15) is 0 Å². The molecule has 0 aliphatic heterocycles. The summed E-state index contributed by atoms with van der Waals surface area (Å²) in [4.78, 5) is 0. The van der Waals surface area contributed by atoms with Crippen LogP contribution in [0.5, 0.6) is 0 Å². The van der Waals surface area contributed by atoms with Crippen LogP contribution in [0, 0.1) is 11.8 Å². The molecule has 0 rings (SSSR count). The Hall–Kier alpha value is 0.500. The second-order valence-electron chi connectivity index (χ2n) is 19.9. The van der Waals surface area contributed by atoms with Crippen molar-refractivity contribution in [1.82, 2.24) is 0 Å².